The van der Waals surface area contributed by atoms with E-state index < -0.39 is 15.9 Å². The van der Waals surface area contributed by atoms with Crippen molar-refractivity contribution in [3.63, 3.8) is 0 Å². The Morgan fingerprint density at radius 1 is 0.966 bits per heavy atom. The van der Waals surface area contributed by atoms with Crippen molar-refractivity contribution in [3.05, 3.63) is 77.7 Å². The van der Waals surface area contributed by atoms with Gasteiger partial charge < -0.3 is 9.73 Å². The second-order valence-electron chi connectivity index (χ2n) is 6.28. The van der Waals surface area contributed by atoms with E-state index in [1.807, 2.05) is 32.0 Å². The Kier molecular flexibility index (Phi) is 6.00. The summed E-state index contributed by atoms with van der Waals surface area (Å²) >= 11 is 5.09. The number of nitrogens with one attached hydrogen (secondary N) is 3. The Morgan fingerprint density at radius 3 is 2.21 bits per heavy atom. The molecular formula is C20H19N3O4S2. The van der Waals surface area contributed by atoms with E-state index in [1.165, 1.54) is 24.5 Å². The normalized spacial score (nSPS) is 11.0. The first-order chi connectivity index (χ1) is 13.8. The summed E-state index contributed by atoms with van der Waals surface area (Å²) in [6.45, 7) is 3.69. The maximum atomic E-state index is 12.7. The van der Waals surface area contributed by atoms with Crippen LogP contribution in [0.1, 0.15) is 21.7 Å². The van der Waals surface area contributed by atoms with Crippen LogP contribution in [0.15, 0.2) is 70.2 Å². The molecule has 0 saturated carbocycles. The number of rotatable bonds is 5. The zero-order valence-electron chi connectivity index (χ0n) is 15.7. The van der Waals surface area contributed by atoms with Gasteiger partial charge in [-0.3, -0.25) is 14.8 Å². The summed E-state index contributed by atoms with van der Waals surface area (Å²) in [5, 5.41) is 5.37. The van der Waals surface area contributed by atoms with E-state index in [0.29, 0.717) is 11.4 Å². The maximum Gasteiger partial charge on any atom is 0.293 e. The highest BCUT2D eigenvalue weighted by Gasteiger charge is 2.17. The Morgan fingerprint density at radius 2 is 1.62 bits per heavy atom. The number of aryl methyl sites for hydroxylation is 2. The average molecular weight is 430 g/mol. The zero-order chi connectivity index (χ0) is 21.0. The fourth-order valence-electron chi connectivity index (χ4n) is 2.62. The largest absolute Gasteiger partial charge is 0.459 e. The predicted molar refractivity (Wildman–Crippen MR) is 116 cm³/mol. The molecule has 0 fully saturated rings. The first-order valence-corrected chi connectivity index (χ1v) is 10.5. The summed E-state index contributed by atoms with van der Waals surface area (Å²) in [5.41, 5.74) is 2.77. The zero-order valence-corrected chi connectivity index (χ0v) is 17.4. The van der Waals surface area contributed by atoms with Crippen LogP contribution in [0.3, 0.4) is 0 Å². The van der Waals surface area contributed by atoms with Gasteiger partial charge in [-0.2, -0.15) is 0 Å². The molecule has 150 valence electrons. The van der Waals surface area contributed by atoms with Gasteiger partial charge in [0.15, 0.2) is 10.9 Å². The second-order valence-corrected chi connectivity index (χ2v) is 8.37. The molecule has 0 bridgehead atoms. The lowest BCUT2D eigenvalue weighted by Gasteiger charge is -2.14. The topological polar surface area (TPSA) is 100 Å². The van der Waals surface area contributed by atoms with Crippen molar-refractivity contribution in [1.29, 1.82) is 0 Å². The summed E-state index contributed by atoms with van der Waals surface area (Å²) < 4.78 is 33.0. The van der Waals surface area contributed by atoms with Gasteiger partial charge >= 0.3 is 0 Å². The van der Waals surface area contributed by atoms with Crippen LogP contribution in [0.4, 0.5) is 11.4 Å². The fraction of sp³-hybridized carbons (Fsp3) is 0.100. The van der Waals surface area contributed by atoms with Gasteiger partial charge in [0.05, 0.1) is 16.8 Å². The van der Waals surface area contributed by atoms with Crippen LogP contribution in [-0.4, -0.2) is 19.4 Å². The lowest BCUT2D eigenvalue weighted by atomic mass is 10.1. The first kappa shape index (κ1) is 20.6. The molecule has 0 atom stereocenters. The molecule has 0 aliphatic carbocycles. The minimum Gasteiger partial charge on any atom is -0.459 e. The van der Waals surface area contributed by atoms with E-state index >= 15 is 0 Å². The number of para-hydroxylation sites is 1. The Hall–Kier alpha value is -3.17. The third-order valence-electron chi connectivity index (χ3n) is 4.11. The van der Waals surface area contributed by atoms with Gasteiger partial charge in [0, 0.05) is 5.69 Å². The molecule has 3 aromatic rings. The van der Waals surface area contributed by atoms with E-state index in [0.717, 1.165) is 11.1 Å². The number of anilines is 2. The number of hydrogen-bond acceptors (Lipinski definition) is 5. The van der Waals surface area contributed by atoms with Gasteiger partial charge in [-0.1, -0.05) is 18.2 Å². The van der Waals surface area contributed by atoms with Crippen molar-refractivity contribution in [3.8, 4) is 0 Å². The van der Waals surface area contributed by atoms with Gasteiger partial charge in [-0.05, 0) is 73.6 Å². The van der Waals surface area contributed by atoms with Gasteiger partial charge in [0.25, 0.3) is 15.9 Å². The number of amides is 1. The van der Waals surface area contributed by atoms with Crippen molar-refractivity contribution in [2.24, 2.45) is 0 Å². The fourth-order valence-corrected chi connectivity index (χ4v) is 4.03. The molecule has 1 heterocycles. The molecule has 2 aromatic carbocycles. The monoisotopic (exact) mass is 429 g/mol. The minimum absolute atomic E-state index is 0.0654. The minimum atomic E-state index is -3.74. The van der Waals surface area contributed by atoms with E-state index in [-0.39, 0.29) is 15.8 Å². The Labute approximate surface area is 174 Å². The number of benzene rings is 2. The highest BCUT2D eigenvalue weighted by atomic mass is 32.2. The second kappa shape index (κ2) is 8.46. The third kappa shape index (κ3) is 5.01. The molecule has 0 unspecified atom stereocenters. The van der Waals surface area contributed by atoms with Gasteiger partial charge in [-0.25, -0.2) is 8.42 Å². The number of hydrogen-bond donors (Lipinski definition) is 3. The van der Waals surface area contributed by atoms with Crippen LogP contribution < -0.4 is 15.4 Å². The lowest BCUT2D eigenvalue weighted by Crippen LogP contribution is -2.33. The molecule has 3 N–H and O–H groups in total. The Bertz CT molecular complexity index is 1120. The SMILES string of the molecule is Cc1cccc(C)c1NS(=O)(=O)c1ccc(NC(=S)NC(=O)c2ccco2)cc1. The van der Waals surface area contributed by atoms with E-state index in [4.69, 9.17) is 16.6 Å². The van der Waals surface area contributed by atoms with Gasteiger partial charge in [0.1, 0.15) is 0 Å². The molecular weight excluding hydrogens is 410 g/mol. The standard InChI is InChI=1S/C20H19N3O4S2/c1-13-5-3-6-14(2)18(13)23-29(25,26)16-10-8-15(9-11-16)21-20(28)22-19(24)17-7-4-12-27-17/h3-12,23H,1-2H3,(H2,21,22,24,28). The van der Waals surface area contributed by atoms with Crippen molar-refractivity contribution in [2.75, 3.05) is 10.0 Å². The van der Waals surface area contributed by atoms with E-state index in [1.54, 1.807) is 18.2 Å². The molecule has 9 heteroatoms. The van der Waals surface area contributed by atoms with Gasteiger partial charge in [0.2, 0.25) is 0 Å². The van der Waals surface area contributed by atoms with Crippen molar-refractivity contribution in [1.82, 2.24) is 5.32 Å². The highest BCUT2D eigenvalue weighted by molar-refractivity contribution is 7.92. The molecule has 1 amide bonds. The number of carbonyl (C=O) groups is 1. The van der Waals surface area contributed by atoms with Crippen LogP contribution >= 0.6 is 12.2 Å². The maximum absolute atomic E-state index is 12.7. The van der Waals surface area contributed by atoms with Gasteiger partial charge in [-0.15, -0.1) is 0 Å². The molecule has 29 heavy (non-hydrogen) atoms. The van der Waals surface area contributed by atoms with Crippen molar-refractivity contribution >= 4 is 44.6 Å². The molecule has 7 nitrogen and oxygen atoms in total. The molecule has 0 aliphatic rings. The molecule has 0 spiro atoms. The predicted octanol–water partition coefficient (Wildman–Crippen LogP) is 3.82. The number of furan rings is 1. The Balaban J connectivity index is 1.67. The van der Waals surface area contributed by atoms with Crippen molar-refractivity contribution in [2.45, 2.75) is 18.7 Å². The van der Waals surface area contributed by atoms with Crippen LogP contribution in [0, 0.1) is 13.8 Å². The first-order valence-electron chi connectivity index (χ1n) is 8.61. The summed E-state index contributed by atoms with van der Waals surface area (Å²) in [4.78, 5) is 12.0. The molecule has 0 saturated heterocycles. The van der Waals surface area contributed by atoms with E-state index in [9.17, 15) is 13.2 Å². The number of carbonyl (C=O) groups excluding carboxylic acids is 1. The quantitative estimate of drug-likeness (QED) is 0.533. The van der Waals surface area contributed by atoms with E-state index in [2.05, 4.69) is 15.4 Å². The van der Waals surface area contributed by atoms with Crippen LogP contribution in [-0.2, 0) is 10.0 Å². The van der Waals surface area contributed by atoms with Crippen LogP contribution in [0.5, 0.6) is 0 Å². The highest BCUT2D eigenvalue weighted by Crippen LogP contribution is 2.24. The summed E-state index contributed by atoms with van der Waals surface area (Å²) in [5.74, 6) is -0.349. The summed E-state index contributed by atoms with van der Waals surface area (Å²) in [6.07, 6.45) is 1.39. The molecule has 0 radical (unpaired) electrons. The average Bonchev–Trinajstić information content (AvgIpc) is 3.20. The molecule has 1 aromatic heterocycles. The van der Waals surface area contributed by atoms with Crippen LogP contribution in [0.25, 0.3) is 0 Å². The van der Waals surface area contributed by atoms with Crippen molar-refractivity contribution < 1.29 is 17.6 Å². The smallest absolute Gasteiger partial charge is 0.293 e. The lowest BCUT2D eigenvalue weighted by molar-refractivity contribution is 0.0950. The number of thiocarbonyl (C=S) groups is 1. The summed E-state index contributed by atoms with van der Waals surface area (Å²) in [6, 6.07) is 14.7. The van der Waals surface area contributed by atoms with Crippen LogP contribution in [0.2, 0.25) is 0 Å². The molecule has 3 rings (SSSR count). The number of sulfonamides is 1. The summed E-state index contributed by atoms with van der Waals surface area (Å²) in [7, 11) is -3.74. The third-order valence-corrected chi connectivity index (χ3v) is 5.68. The molecule has 0 aliphatic heterocycles.